The predicted molar refractivity (Wildman–Crippen MR) is 148 cm³/mol. The third-order valence-corrected chi connectivity index (χ3v) is 10.6. The summed E-state index contributed by atoms with van der Waals surface area (Å²) in [5.74, 6) is -3.19. The van der Waals surface area contributed by atoms with Gasteiger partial charge in [0.1, 0.15) is 0 Å². The number of anilines is 2. The summed E-state index contributed by atoms with van der Waals surface area (Å²) in [5.41, 5.74) is -2.47. The molecule has 2 N–H and O–H groups in total. The van der Waals surface area contributed by atoms with Gasteiger partial charge in [-0.25, -0.2) is 26.9 Å². The summed E-state index contributed by atoms with van der Waals surface area (Å²) in [6, 6.07) is 5.77. The van der Waals surface area contributed by atoms with E-state index in [-0.39, 0.29) is 35.7 Å². The molecule has 2 aliphatic rings. The number of amides is 2. The number of hydrogen-bond acceptors (Lipinski definition) is 8. The van der Waals surface area contributed by atoms with Gasteiger partial charge in [0.2, 0.25) is 11.8 Å². The number of alkyl halides is 6. The molecule has 44 heavy (non-hydrogen) atoms. The Morgan fingerprint density at radius 2 is 1.05 bits per heavy atom. The van der Waals surface area contributed by atoms with E-state index in [9.17, 15) is 52.8 Å². The van der Waals surface area contributed by atoms with E-state index >= 15 is 0 Å². The molecule has 0 saturated carbocycles. The Morgan fingerprint density at radius 3 is 1.34 bits per heavy atom. The number of nitrogens with one attached hydrogen (secondary N) is 2. The van der Waals surface area contributed by atoms with Gasteiger partial charge in [0.15, 0.2) is 19.7 Å². The topological polar surface area (TPSA) is 133 Å². The number of hydrazine groups is 1. The average Bonchev–Trinajstić information content (AvgIpc) is 3.45. The van der Waals surface area contributed by atoms with Crippen LogP contribution in [0.15, 0.2) is 48.5 Å². The Morgan fingerprint density at radius 1 is 0.682 bits per heavy atom. The van der Waals surface area contributed by atoms with Crippen LogP contribution in [0.3, 0.4) is 0 Å². The fourth-order valence-electron chi connectivity index (χ4n) is 5.12. The van der Waals surface area contributed by atoms with Gasteiger partial charge in [0, 0.05) is 23.5 Å². The first-order valence-corrected chi connectivity index (χ1v) is 16.8. The van der Waals surface area contributed by atoms with Gasteiger partial charge in [-0.2, -0.15) is 26.3 Å². The van der Waals surface area contributed by atoms with E-state index in [1.807, 2.05) is 0 Å². The van der Waals surface area contributed by atoms with E-state index in [0.29, 0.717) is 12.1 Å². The maximum Gasteiger partial charge on any atom is 0.416 e. The molecule has 242 valence electrons. The second kappa shape index (κ2) is 12.6. The molecule has 2 fully saturated rings. The van der Waals surface area contributed by atoms with E-state index in [0.717, 1.165) is 24.3 Å². The van der Waals surface area contributed by atoms with E-state index in [4.69, 9.17) is 0 Å². The molecule has 2 aromatic rings. The number of carbonyl (C=O) groups is 2. The van der Waals surface area contributed by atoms with Crippen molar-refractivity contribution in [1.29, 1.82) is 0 Å². The zero-order valence-electron chi connectivity index (χ0n) is 22.9. The Bertz CT molecular complexity index is 1500. The van der Waals surface area contributed by atoms with Crippen LogP contribution in [0, 0.1) is 0 Å². The maximum atomic E-state index is 13.2. The molecule has 0 bridgehead atoms. The monoisotopic (exact) mass is 670 g/mol. The molecule has 18 heteroatoms. The molecule has 0 radical (unpaired) electrons. The molecule has 0 aliphatic carbocycles. The lowest BCUT2D eigenvalue weighted by Crippen LogP contribution is -2.58. The van der Waals surface area contributed by atoms with Crippen molar-refractivity contribution in [2.24, 2.45) is 0 Å². The second-order valence-corrected chi connectivity index (χ2v) is 15.0. The van der Waals surface area contributed by atoms with Crippen LogP contribution in [-0.4, -0.2) is 86.9 Å². The van der Waals surface area contributed by atoms with Gasteiger partial charge in [-0.15, -0.1) is 0 Å². The smallest absolute Gasteiger partial charge is 0.325 e. The Balaban J connectivity index is 1.62. The molecule has 10 nitrogen and oxygen atoms in total. The molecule has 2 amide bonds. The van der Waals surface area contributed by atoms with Crippen molar-refractivity contribution in [3.63, 3.8) is 0 Å². The number of carbonyl (C=O) groups excluding carboxylic acids is 2. The summed E-state index contributed by atoms with van der Waals surface area (Å²) in [4.78, 5) is 26.2. The molecule has 2 saturated heterocycles. The number of hydrogen-bond donors (Lipinski definition) is 2. The molecule has 0 spiro atoms. The number of nitrogens with zero attached hydrogens (tertiary/aromatic N) is 2. The van der Waals surface area contributed by atoms with E-state index in [1.54, 1.807) is 0 Å². The van der Waals surface area contributed by atoms with E-state index in [1.165, 1.54) is 22.2 Å². The maximum absolute atomic E-state index is 13.2. The lowest BCUT2D eigenvalue weighted by Gasteiger charge is -2.41. The lowest BCUT2D eigenvalue weighted by atomic mass is 10.2. The Kier molecular flexibility index (Phi) is 9.68. The van der Waals surface area contributed by atoms with Gasteiger partial charge in [-0.1, -0.05) is 12.1 Å². The minimum Gasteiger partial charge on any atom is -0.325 e. The van der Waals surface area contributed by atoms with Crippen LogP contribution in [0.5, 0.6) is 0 Å². The minimum atomic E-state index is -4.69. The number of halogens is 6. The third kappa shape index (κ3) is 8.92. The van der Waals surface area contributed by atoms with Crippen molar-refractivity contribution in [2.45, 2.75) is 37.3 Å². The predicted octanol–water partition coefficient (Wildman–Crippen LogP) is 3.19. The lowest BCUT2D eigenvalue weighted by molar-refractivity contribution is -0.138. The molecule has 2 aliphatic heterocycles. The SMILES string of the molecule is O=C(CN(C1CCS(=O)(=O)C1)N(CC(=O)Nc1cccc(C(F)(F)F)c1)C1CCS(=O)(=O)C1)Nc1cccc(C(F)(F)F)c1. The quantitative estimate of drug-likeness (QED) is 0.307. The van der Waals surface area contributed by atoms with Crippen molar-refractivity contribution >= 4 is 42.9 Å². The molecule has 2 heterocycles. The van der Waals surface area contributed by atoms with Crippen LogP contribution in [0.2, 0.25) is 0 Å². The van der Waals surface area contributed by atoms with E-state index in [2.05, 4.69) is 10.6 Å². The van der Waals surface area contributed by atoms with Crippen LogP contribution in [-0.2, 0) is 41.6 Å². The van der Waals surface area contributed by atoms with Gasteiger partial charge < -0.3 is 10.6 Å². The second-order valence-electron chi connectivity index (χ2n) is 10.6. The van der Waals surface area contributed by atoms with Crippen molar-refractivity contribution in [3.8, 4) is 0 Å². The minimum absolute atomic E-state index is 0.00435. The number of rotatable bonds is 9. The van der Waals surface area contributed by atoms with E-state index < -0.39 is 91.6 Å². The first-order valence-electron chi connectivity index (χ1n) is 13.2. The van der Waals surface area contributed by atoms with Gasteiger partial charge in [0.25, 0.3) is 0 Å². The van der Waals surface area contributed by atoms with Crippen molar-refractivity contribution < 1.29 is 52.8 Å². The van der Waals surface area contributed by atoms with Gasteiger partial charge in [-0.3, -0.25) is 9.59 Å². The van der Waals surface area contributed by atoms with Gasteiger partial charge in [-0.05, 0) is 49.2 Å². The highest BCUT2D eigenvalue weighted by molar-refractivity contribution is 7.91. The summed E-state index contributed by atoms with van der Waals surface area (Å²) >= 11 is 0. The highest BCUT2D eigenvalue weighted by atomic mass is 32.2. The first kappa shape index (κ1) is 33.7. The average molecular weight is 671 g/mol. The molecule has 2 aromatic carbocycles. The number of benzene rings is 2. The highest BCUT2D eigenvalue weighted by Crippen LogP contribution is 2.32. The van der Waals surface area contributed by atoms with Gasteiger partial charge >= 0.3 is 12.4 Å². The van der Waals surface area contributed by atoms with Gasteiger partial charge in [0.05, 0.1) is 47.2 Å². The highest BCUT2D eigenvalue weighted by Gasteiger charge is 2.42. The molecule has 4 rings (SSSR count). The zero-order chi connectivity index (χ0) is 32.5. The molecule has 2 atom stereocenters. The fourth-order valence-corrected chi connectivity index (χ4v) is 8.57. The summed E-state index contributed by atoms with van der Waals surface area (Å²) in [5, 5.41) is 7.10. The fraction of sp³-hybridized carbons (Fsp3) is 0.462. The Labute approximate surface area is 249 Å². The molecule has 2 unspecified atom stereocenters. The van der Waals surface area contributed by atoms with Crippen LogP contribution < -0.4 is 10.6 Å². The van der Waals surface area contributed by atoms with Crippen LogP contribution in [0.4, 0.5) is 37.7 Å². The third-order valence-electron chi connectivity index (χ3n) is 7.15. The summed E-state index contributed by atoms with van der Waals surface area (Å²) < 4.78 is 128. The van der Waals surface area contributed by atoms with Crippen LogP contribution >= 0.6 is 0 Å². The Hall–Kier alpha value is -3.22. The standard InChI is InChI=1S/C26H28F6N4O6S2/c27-25(28,29)17-3-1-5-19(11-17)33-23(37)13-35(21-7-9-43(39,40)15-21)36(22-8-10-44(41,42)16-22)14-24(38)34-20-6-2-4-18(12-20)26(30,31)32/h1-6,11-12,21-22H,7-10,13-16H2,(H,33,37)(H,34,38). The van der Waals surface area contributed by atoms with Crippen LogP contribution in [0.1, 0.15) is 24.0 Å². The van der Waals surface area contributed by atoms with Crippen molar-refractivity contribution in [1.82, 2.24) is 10.0 Å². The zero-order valence-corrected chi connectivity index (χ0v) is 24.5. The summed E-state index contributed by atoms with van der Waals surface area (Å²) in [6.45, 7) is -1.33. The van der Waals surface area contributed by atoms with Crippen LogP contribution in [0.25, 0.3) is 0 Å². The molecule has 0 aromatic heterocycles. The van der Waals surface area contributed by atoms with Crippen molar-refractivity contribution in [2.75, 3.05) is 46.7 Å². The summed E-state index contributed by atoms with van der Waals surface area (Å²) in [7, 11) is -7.17. The van der Waals surface area contributed by atoms with Crippen molar-refractivity contribution in [3.05, 3.63) is 59.7 Å². The normalized spacial score (nSPS) is 21.5. The molecular weight excluding hydrogens is 642 g/mol. The number of sulfone groups is 2. The molecular formula is C26H28F6N4O6S2. The largest absolute Gasteiger partial charge is 0.416 e. The summed E-state index contributed by atoms with van der Waals surface area (Å²) in [6.07, 6.45) is -9.37. The first-order chi connectivity index (χ1) is 20.3.